The zero-order valence-corrected chi connectivity index (χ0v) is 26.1. The molecule has 1 unspecified atom stereocenters. The number of esters is 2. The minimum absolute atomic E-state index is 0.0248. The van der Waals surface area contributed by atoms with E-state index in [4.69, 9.17) is 15.2 Å². The summed E-state index contributed by atoms with van der Waals surface area (Å²) < 4.78 is 53.9. The Morgan fingerprint density at radius 1 is 1.16 bits per heavy atom. The molecule has 2 aromatic rings. The molecule has 1 heterocycles. The summed E-state index contributed by atoms with van der Waals surface area (Å²) in [7, 11) is 3.61. The molecule has 11 nitrogen and oxygen atoms in total. The van der Waals surface area contributed by atoms with Crippen molar-refractivity contribution < 1.29 is 41.8 Å². The molecular weight excluding hydrogens is 595 g/mol. The zero-order chi connectivity index (χ0) is 33.3. The first-order valence-corrected chi connectivity index (χ1v) is 14.9. The van der Waals surface area contributed by atoms with E-state index >= 15 is 0 Å². The molecule has 1 amide bonds. The highest BCUT2D eigenvalue weighted by molar-refractivity contribution is 6.00. The number of nitrogens with two attached hydrogens (primary N) is 1. The Hall–Kier alpha value is -3.94. The maximum absolute atomic E-state index is 13.9. The van der Waals surface area contributed by atoms with E-state index in [9.17, 15) is 32.3 Å². The fourth-order valence-corrected chi connectivity index (χ4v) is 6.11. The number of ether oxygens (including phenoxy) is 2. The third kappa shape index (κ3) is 8.41. The van der Waals surface area contributed by atoms with Crippen molar-refractivity contribution in [3.05, 3.63) is 40.7 Å². The number of halogens is 3. The summed E-state index contributed by atoms with van der Waals surface area (Å²) in [5.41, 5.74) is 4.33. The SMILES string of the molecule is CC(=O)OC(CC(=O)OC1CCC(Nc2cc(-n3nc(C(F)(F)F)c4c3CC(C)(C)CC4=O)ccc2C(N)=O)CC1)CN(C)C. The lowest BCUT2D eigenvalue weighted by Gasteiger charge is -2.31. The number of carbonyl (C=O) groups is 4. The predicted molar refractivity (Wildman–Crippen MR) is 158 cm³/mol. The van der Waals surface area contributed by atoms with Gasteiger partial charge in [0.15, 0.2) is 11.5 Å². The Morgan fingerprint density at radius 2 is 1.82 bits per heavy atom. The van der Waals surface area contributed by atoms with Gasteiger partial charge in [-0.3, -0.25) is 19.2 Å². The number of fused-ring (bicyclic) bond motifs is 1. The molecule has 2 aliphatic rings. The number of rotatable bonds is 10. The van der Waals surface area contributed by atoms with Gasteiger partial charge in [-0.15, -0.1) is 0 Å². The van der Waals surface area contributed by atoms with Crippen molar-refractivity contribution >= 4 is 29.3 Å². The van der Waals surface area contributed by atoms with Gasteiger partial charge in [0.2, 0.25) is 0 Å². The Kier molecular flexibility index (Phi) is 9.95. The number of benzene rings is 1. The number of anilines is 1. The lowest BCUT2D eigenvalue weighted by atomic mass is 9.75. The molecule has 14 heteroatoms. The Labute approximate surface area is 259 Å². The summed E-state index contributed by atoms with van der Waals surface area (Å²) >= 11 is 0. The van der Waals surface area contributed by atoms with E-state index in [2.05, 4.69) is 10.4 Å². The highest BCUT2D eigenvalue weighted by atomic mass is 19.4. The number of Topliss-reactive ketones (excluding diaryl/α,β-unsaturated/α-hetero) is 1. The number of aromatic nitrogens is 2. The number of nitrogens with zero attached hydrogens (tertiary/aromatic N) is 3. The topological polar surface area (TPSA) is 146 Å². The van der Waals surface area contributed by atoms with Crippen LogP contribution in [0.3, 0.4) is 0 Å². The van der Waals surface area contributed by atoms with Crippen LogP contribution in [-0.2, 0) is 31.7 Å². The number of primary amides is 1. The molecule has 3 N–H and O–H groups in total. The Bertz CT molecular complexity index is 1460. The van der Waals surface area contributed by atoms with Gasteiger partial charge in [0, 0.05) is 31.6 Å². The third-order valence-corrected chi connectivity index (χ3v) is 7.95. The summed E-state index contributed by atoms with van der Waals surface area (Å²) in [6.45, 7) is 5.29. The van der Waals surface area contributed by atoms with Gasteiger partial charge in [-0.25, -0.2) is 4.68 Å². The molecule has 0 aliphatic heterocycles. The van der Waals surface area contributed by atoms with Crippen LogP contribution < -0.4 is 11.1 Å². The van der Waals surface area contributed by atoms with Crippen molar-refractivity contribution in [3.63, 3.8) is 0 Å². The molecule has 246 valence electrons. The van der Waals surface area contributed by atoms with Gasteiger partial charge in [-0.05, 0) is 69.8 Å². The third-order valence-electron chi connectivity index (χ3n) is 7.95. The lowest BCUT2D eigenvalue weighted by Crippen LogP contribution is -2.35. The molecule has 0 bridgehead atoms. The first kappa shape index (κ1) is 33.9. The number of likely N-dealkylation sites (N-methyl/N-ethyl adjacent to an activating group) is 1. The minimum atomic E-state index is -4.82. The van der Waals surface area contributed by atoms with Crippen LogP contribution in [0.4, 0.5) is 18.9 Å². The highest BCUT2D eigenvalue weighted by Crippen LogP contribution is 2.42. The first-order valence-electron chi connectivity index (χ1n) is 14.9. The van der Waals surface area contributed by atoms with Gasteiger partial charge in [0.05, 0.1) is 28.9 Å². The molecule has 1 aromatic carbocycles. The molecule has 1 fully saturated rings. The number of amides is 1. The van der Waals surface area contributed by atoms with Gasteiger partial charge in [-0.1, -0.05) is 13.8 Å². The van der Waals surface area contributed by atoms with E-state index in [1.165, 1.54) is 25.1 Å². The van der Waals surface area contributed by atoms with Crippen LogP contribution >= 0.6 is 0 Å². The second-order valence-corrected chi connectivity index (χ2v) is 12.9. The smallest absolute Gasteiger partial charge is 0.435 e. The molecule has 1 atom stereocenters. The molecular formula is C31H40F3N5O6. The van der Waals surface area contributed by atoms with Crippen LogP contribution in [0, 0.1) is 5.41 Å². The molecule has 0 spiro atoms. The second-order valence-electron chi connectivity index (χ2n) is 12.9. The first-order chi connectivity index (χ1) is 20.9. The Morgan fingerprint density at radius 3 is 2.40 bits per heavy atom. The maximum atomic E-state index is 13.9. The van der Waals surface area contributed by atoms with Crippen LogP contribution in [0.2, 0.25) is 0 Å². The monoisotopic (exact) mass is 635 g/mol. The zero-order valence-electron chi connectivity index (χ0n) is 26.1. The largest absolute Gasteiger partial charge is 0.462 e. The van der Waals surface area contributed by atoms with Crippen molar-refractivity contribution in [2.24, 2.45) is 11.1 Å². The lowest BCUT2D eigenvalue weighted by molar-refractivity contribution is -0.158. The maximum Gasteiger partial charge on any atom is 0.435 e. The van der Waals surface area contributed by atoms with E-state index in [1.807, 2.05) is 18.7 Å². The van der Waals surface area contributed by atoms with E-state index in [0.717, 1.165) is 4.68 Å². The molecule has 1 aromatic heterocycles. The molecule has 1 saturated carbocycles. The summed E-state index contributed by atoms with van der Waals surface area (Å²) in [4.78, 5) is 50.9. The van der Waals surface area contributed by atoms with E-state index in [-0.39, 0.29) is 48.4 Å². The number of alkyl halides is 3. The number of ketones is 1. The van der Waals surface area contributed by atoms with E-state index in [0.29, 0.717) is 37.9 Å². The van der Waals surface area contributed by atoms with Crippen LogP contribution in [0.5, 0.6) is 0 Å². The minimum Gasteiger partial charge on any atom is -0.462 e. The van der Waals surface area contributed by atoms with Crippen molar-refractivity contribution in [1.82, 2.24) is 14.7 Å². The van der Waals surface area contributed by atoms with E-state index in [1.54, 1.807) is 14.1 Å². The summed E-state index contributed by atoms with van der Waals surface area (Å²) in [5.74, 6) is -2.28. The molecule has 2 aliphatic carbocycles. The summed E-state index contributed by atoms with van der Waals surface area (Å²) in [5, 5.41) is 7.15. The predicted octanol–water partition coefficient (Wildman–Crippen LogP) is 4.29. The molecule has 0 radical (unpaired) electrons. The van der Waals surface area contributed by atoms with Gasteiger partial charge in [-0.2, -0.15) is 18.3 Å². The van der Waals surface area contributed by atoms with Crippen molar-refractivity contribution in [1.29, 1.82) is 0 Å². The molecule has 4 rings (SSSR count). The standard InChI is InChI=1S/C31H40F3N5O6/c1-17(40)44-21(16-38(4)5)13-26(42)45-20-9-6-18(7-10-20)36-23-12-19(8-11-22(23)29(35)43)39-24-14-30(2,3)15-25(41)27(24)28(37-39)31(32,33)34/h8,11-12,18,20-21,36H,6-7,9-10,13-16H2,1-5H3,(H2,35,43). The van der Waals surface area contributed by atoms with E-state index < -0.39 is 52.6 Å². The number of nitrogens with one attached hydrogen (secondary N) is 1. The fourth-order valence-electron chi connectivity index (χ4n) is 6.11. The molecule has 45 heavy (non-hydrogen) atoms. The van der Waals surface area contributed by atoms with Crippen molar-refractivity contribution in [2.75, 3.05) is 26.0 Å². The van der Waals surface area contributed by atoms with Crippen LogP contribution in [0.15, 0.2) is 18.2 Å². The number of hydrogen-bond acceptors (Lipinski definition) is 9. The summed E-state index contributed by atoms with van der Waals surface area (Å²) in [6.07, 6.45) is -3.48. The second kappa shape index (κ2) is 13.2. The van der Waals surface area contributed by atoms with Gasteiger partial charge < -0.3 is 25.4 Å². The van der Waals surface area contributed by atoms with Crippen LogP contribution in [0.1, 0.15) is 91.4 Å². The Balaban J connectivity index is 1.50. The average Bonchev–Trinajstić information content (AvgIpc) is 3.28. The summed E-state index contributed by atoms with van der Waals surface area (Å²) in [6, 6.07) is 4.26. The average molecular weight is 636 g/mol. The van der Waals surface area contributed by atoms with Gasteiger partial charge in [0.1, 0.15) is 12.2 Å². The number of carbonyl (C=O) groups excluding carboxylic acids is 4. The normalized spacial score (nSPS) is 20.3. The van der Waals surface area contributed by atoms with Crippen LogP contribution in [0.25, 0.3) is 5.69 Å². The van der Waals surface area contributed by atoms with Crippen molar-refractivity contribution in [2.45, 2.75) is 90.1 Å². The van der Waals surface area contributed by atoms with Crippen LogP contribution in [-0.4, -0.2) is 77.2 Å². The number of hydrogen-bond donors (Lipinski definition) is 2. The highest BCUT2D eigenvalue weighted by Gasteiger charge is 2.45. The quantitative estimate of drug-likeness (QED) is 0.365. The van der Waals surface area contributed by atoms with Gasteiger partial charge >= 0.3 is 18.1 Å². The fraction of sp³-hybridized carbons (Fsp3) is 0.581. The molecule has 0 saturated heterocycles. The van der Waals surface area contributed by atoms with Gasteiger partial charge in [0.25, 0.3) is 5.91 Å². The van der Waals surface area contributed by atoms with Crippen molar-refractivity contribution in [3.8, 4) is 5.69 Å².